The summed E-state index contributed by atoms with van der Waals surface area (Å²) in [5.41, 5.74) is 7.52. The molecule has 4 heterocycles. The molecule has 2 aliphatic heterocycles. The Labute approximate surface area is 428 Å². The number of carbonyl (C=O) groups excluding carboxylic acids is 1. The summed E-state index contributed by atoms with van der Waals surface area (Å²) >= 11 is 23.0. The van der Waals surface area contributed by atoms with E-state index >= 15 is 0 Å². The minimum absolute atomic E-state index is 0.0198. The Morgan fingerprint density at radius 1 is 0.681 bits per heavy atom. The van der Waals surface area contributed by atoms with E-state index in [1.807, 2.05) is 6.07 Å². The van der Waals surface area contributed by atoms with E-state index in [2.05, 4.69) is 25.1 Å². The molecular weight excluding hydrogens is 1040 g/mol. The highest BCUT2D eigenvalue weighted by molar-refractivity contribution is 6.32. The molecule has 4 aromatic carbocycles. The van der Waals surface area contributed by atoms with Gasteiger partial charge in [0, 0.05) is 77.8 Å². The number of fused-ring (bicyclic) bond motifs is 2. The van der Waals surface area contributed by atoms with Crippen LogP contribution in [0.3, 0.4) is 0 Å². The van der Waals surface area contributed by atoms with Crippen molar-refractivity contribution < 1.29 is 66.2 Å². The minimum atomic E-state index is -5.08. The molecule has 4 unspecified atom stereocenters. The Morgan fingerprint density at radius 2 is 1.14 bits per heavy atom. The Kier molecular flexibility index (Phi) is 21.3. The van der Waals surface area contributed by atoms with Crippen molar-refractivity contribution in [2.75, 3.05) is 52.5 Å². The summed E-state index contributed by atoms with van der Waals surface area (Å²) in [4.78, 5) is 44.7. The van der Waals surface area contributed by atoms with Gasteiger partial charge in [0.15, 0.2) is 0 Å². The third-order valence-corrected chi connectivity index (χ3v) is 11.6. The van der Waals surface area contributed by atoms with Crippen LogP contribution in [0.5, 0.6) is 11.5 Å². The SMILES string of the molecule is NC1CCN(CC(O)COc2ccc(Cl)c(F)c2)C1.O=C(NC1CCN(CC(O)COc2ccc(Cl)c(F)c2)C1)c1ccc2cc(Cl)ccc2n1.O=C(O)C(F)(F)F.O=C(O)c1ccc2cc(Cl)ccc2n1. The smallest absolute Gasteiger partial charge is 0.490 e. The summed E-state index contributed by atoms with van der Waals surface area (Å²) < 4.78 is 69.2. The Morgan fingerprint density at radius 3 is 1.58 bits per heavy atom. The number of hydrogen-bond donors (Lipinski definition) is 6. The van der Waals surface area contributed by atoms with Gasteiger partial charge in [-0.05, 0) is 92.2 Å². The molecule has 1 amide bonds. The first-order valence-corrected chi connectivity index (χ1v) is 23.2. The molecule has 72 heavy (non-hydrogen) atoms. The lowest BCUT2D eigenvalue weighted by Gasteiger charge is -2.20. The molecule has 2 fully saturated rings. The molecule has 0 aliphatic carbocycles. The normalized spacial score (nSPS) is 16.6. The maximum atomic E-state index is 13.5. The lowest BCUT2D eigenvalue weighted by atomic mass is 10.2. The van der Waals surface area contributed by atoms with Crippen LogP contribution in [0.15, 0.2) is 97.1 Å². The number of β-amino-alcohol motifs (C(OH)–C–C–N with tert-alkyl or cyclic N) is 2. The fourth-order valence-corrected chi connectivity index (χ4v) is 7.66. The van der Waals surface area contributed by atoms with E-state index < -0.39 is 42.0 Å². The summed E-state index contributed by atoms with van der Waals surface area (Å²) in [7, 11) is 0. The number of rotatable bonds is 13. The fraction of sp³-hybridized carbons (Fsp3) is 0.312. The number of aromatic carboxylic acids is 1. The Hall–Kier alpha value is -5.68. The molecular formula is C48H47Cl4F5N6O9. The highest BCUT2D eigenvalue weighted by Gasteiger charge is 2.38. The van der Waals surface area contributed by atoms with E-state index in [0.717, 1.165) is 43.2 Å². The zero-order valence-electron chi connectivity index (χ0n) is 37.7. The number of nitrogens with zero attached hydrogens (tertiary/aromatic N) is 4. The van der Waals surface area contributed by atoms with E-state index in [9.17, 15) is 41.8 Å². The maximum absolute atomic E-state index is 13.5. The summed E-state index contributed by atoms with van der Waals surface area (Å²) in [5, 5.41) is 42.0. The molecule has 15 nitrogen and oxygen atoms in total. The molecule has 2 aliphatic rings. The zero-order valence-corrected chi connectivity index (χ0v) is 40.7. The average molecular weight is 1090 g/mol. The number of benzene rings is 4. The second kappa shape index (κ2) is 26.9. The molecule has 0 spiro atoms. The fourth-order valence-electron chi connectivity index (χ4n) is 7.06. The number of aliphatic hydroxyl groups excluding tert-OH is 2. The van der Waals surface area contributed by atoms with Gasteiger partial charge < -0.3 is 41.0 Å². The number of nitrogens with one attached hydrogen (secondary N) is 1. The van der Waals surface area contributed by atoms with Crippen LogP contribution in [0.1, 0.15) is 33.8 Å². The molecule has 0 saturated carbocycles. The largest absolute Gasteiger partial charge is 0.491 e. The third-order valence-electron chi connectivity index (χ3n) is 10.5. The highest BCUT2D eigenvalue weighted by Crippen LogP contribution is 2.23. The van der Waals surface area contributed by atoms with Gasteiger partial charge in [-0.15, -0.1) is 0 Å². The number of carboxylic acids is 2. The number of amides is 1. The number of carbonyl (C=O) groups is 3. The van der Waals surface area contributed by atoms with Crippen molar-refractivity contribution in [2.45, 2.75) is 43.3 Å². The molecule has 0 radical (unpaired) electrons. The van der Waals surface area contributed by atoms with Crippen LogP contribution in [0.2, 0.25) is 20.1 Å². The van der Waals surface area contributed by atoms with Crippen LogP contribution in [0.4, 0.5) is 22.0 Å². The van der Waals surface area contributed by atoms with Gasteiger partial charge >= 0.3 is 18.1 Å². The van der Waals surface area contributed by atoms with Gasteiger partial charge in [0.2, 0.25) is 0 Å². The molecule has 24 heteroatoms. The van der Waals surface area contributed by atoms with Crippen molar-refractivity contribution in [3.8, 4) is 11.5 Å². The quantitative estimate of drug-likeness (QED) is 0.0599. The lowest BCUT2D eigenvalue weighted by Crippen LogP contribution is -2.39. The van der Waals surface area contributed by atoms with Crippen LogP contribution in [-0.4, -0.2) is 141 Å². The first-order valence-electron chi connectivity index (χ1n) is 21.7. The second-order valence-electron chi connectivity index (χ2n) is 16.3. The number of carboxylic acid groups (broad SMARTS) is 2. The number of alkyl halides is 3. The Bertz CT molecular complexity index is 2820. The molecule has 386 valence electrons. The van der Waals surface area contributed by atoms with E-state index in [-0.39, 0.29) is 46.9 Å². The van der Waals surface area contributed by atoms with Crippen molar-refractivity contribution in [2.24, 2.45) is 5.73 Å². The van der Waals surface area contributed by atoms with Crippen molar-refractivity contribution in [3.05, 3.63) is 140 Å². The van der Waals surface area contributed by atoms with Gasteiger partial charge in [0.25, 0.3) is 5.91 Å². The molecule has 6 aromatic rings. The number of nitrogens with two attached hydrogens (primary N) is 1. The van der Waals surface area contributed by atoms with Gasteiger partial charge in [0.1, 0.15) is 59.9 Å². The highest BCUT2D eigenvalue weighted by atomic mass is 35.5. The Balaban J connectivity index is 0.000000203. The summed E-state index contributed by atoms with van der Waals surface area (Å²) in [6.07, 6.45) is -4.73. The van der Waals surface area contributed by atoms with Crippen molar-refractivity contribution in [1.82, 2.24) is 25.1 Å². The molecule has 7 N–H and O–H groups in total. The topological polar surface area (TPSA) is 221 Å². The van der Waals surface area contributed by atoms with E-state index in [1.165, 1.54) is 30.3 Å². The van der Waals surface area contributed by atoms with E-state index in [0.29, 0.717) is 57.9 Å². The first-order chi connectivity index (χ1) is 34.0. The van der Waals surface area contributed by atoms with Gasteiger partial charge in [-0.25, -0.2) is 28.3 Å². The predicted octanol–water partition coefficient (Wildman–Crippen LogP) is 8.40. The van der Waals surface area contributed by atoms with Crippen LogP contribution in [-0.2, 0) is 4.79 Å². The molecule has 4 atom stereocenters. The summed E-state index contributed by atoms with van der Waals surface area (Å²) in [6.45, 7) is 4.09. The number of aliphatic hydroxyl groups is 2. The van der Waals surface area contributed by atoms with Crippen molar-refractivity contribution in [3.63, 3.8) is 0 Å². The lowest BCUT2D eigenvalue weighted by molar-refractivity contribution is -0.192. The number of aliphatic carboxylic acids is 1. The molecule has 2 saturated heterocycles. The van der Waals surface area contributed by atoms with Gasteiger partial charge in [-0.3, -0.25) is 14.6 Å². The van der Waals surface area contributed by atoms with Crippen LogP contribution in [0.25, 0.3) is 21.8 Å². The number of pyridine rings is 2. The number of aromatic nitrogens is 2. The standard InChI is InChI=1S/C23H22Cl2FN3O3.C13H18ClFN2O2.C10H6ClNO2.C2HF3O2/c24-15-2-6-21-14(9-15)1-5-22(28-21)23(31)27-16-7-8-29(11-16)12-17(30)13-32-18-3-4-19(25)20(26)10-18;14-12-2-1-11(5-13(12)15)19-8-10(18)7-17-4-3-9(16)6-17;11-7-2-4-8-6(5-7)1-3-9(12-8)10(13)14;3-2(4,5)1(6)7/h1-6,9-10,16-17,30H,7-8,11-13H2,(H,27,31);1-2,5,9-10,18H,3-4,6-8,16H2;1-5H,(H,13,14);(H,6,7). The van der Waals surface area contributed by atoms with Crippen LogP contribution in [0, 0.1) is 11.6 Å². The first kappa shape index (κ1) is 57.2. The second-order valence-corrected chi connectivity index (χ2v) is 18.0. The van der Waals surface area contributed by atoms with Gasteiger partial charge in [-0.2, -0.15) is 13.2 Å². The third kappa shape index (κ3) is 18.4. The monoisotopic (exact) mass is 1090 g/mol. The molecule has 0 bridgehead atoms. The predicted molar refractivity (Wildman–Crippen MR) is 261 cm³/mol. The molecule has 8 rings (SSSR count). The molecule has 2 aromatic heterocycles. The maximum Gasteiger partial charge on any atom is 0.490 e. The van der Waals surface area contributed by atoms with Gasteiger partial charge in [-0.1, -0.05) is 58.5 Å². The van der Waals surface area contributed by atoms with Crippen molar-refractivity contribution >= 4 is 86.1 Å². The number of hydrogen-bond acceptors (Lipinski definition) is 12. The van der Waals surface area contributed by atoms with Crippen LogP contribution >= 0.6 is 46.4 Å². The summed E-state index contributed by atoms with van der Waals surface area (Å²) in [5.74, 6) is -4.45. The number of halogens is 9. The zero-order chi connectivity index (χ0) is 52.7. The average Bonchev–Trinajstić information content (AvgIpc) is 3.96. The van der Waals surface area contributed by atoms with E-state index in [1.54, 1.807) is 60.7 Å². The summed E-state index contributed by atoms with van der Waals surface area (Å²) in [6, 6.07) is 25.6. The minimum Gasteiger partial charge on any atom is -0.491 e. The van der Waals surface area contributed by atoms with Crippen LogP contribution < -0.4 is 20.5 Å². The number of likely N-dealkylation sites (tertiary alicyclic amines) is 2. The van der Waals surface area contributed by atoms with E-state index in [4.69, 9.17) is 76.6 Å². The van der Waals surface area contributed by atoms with Crippen molar-refractivity contribution in [1.29, 1.82) is 0 Å². The number of ether oxygens (including phenoxy) is 2. The van der Waals surface area contributed by atoms with Gasteiger partial charge in [0.05, 0.1) is 21.1 Å².